The van der Waals surface area contributed by atoms with Crippen molar-refractivity contribution in [2.45, 2.75) is 13.5 Å². The molecular formula is C19H18ClN3O2. The summed E-state index contributed by atoms with van der Waals surface area (Å²) in [4.78, 5) is 12.0. The van der Waals surface area contributed by atoms with Gasteiger partial charge in [-0.25, -0.2) is 0 Å². The van der Waals surface area contributed by atoms with Crippen LogP contribution in [0, 0.1) is 6.92 Å². The van der Waals surface area contributed by atoms with Crippen LogP contribution in [0.4, 0.5) is 5.69 Å². The van der Waals surface area contributed by atoms with Gasteiger partial charge in [-0.05, 0) is 36.8 Å². The summed E-state index contributed by atoms with van der Waals surface area (Å²) in [5, 5.41) is 7.65. The summed E-state index contributed by atoms with van der Waals surface area (Å²) in [5.41, 5.74) is 3.01. The van der Waals surface area contributed by atoms with Gasteiger partial charge in [-0.1, -0.05) is 41.4 Å². The van der Waals surface area contributed by atoms with Gasteiger partial charge < -0.3 is 10.1 Å². The molecule has 6 heteroatoms. The fraction of sp³-hybridized carbons (Fsp3) is 0.158. The zero-order chi connectivity index (χ0) is 17.6. The van der Waals surface area contributed by atoms with Gasteiger partial charge in [-0.3, -0.25) is 9.48 Å². The Morgan fingerprint density at radius 2 is 1.88 bits per heavy atom. The summed E-state index contributed by atoms with van der Waals surface area (Å²) in [7, 11) is 0. The molecule has 0 saturated heterocycles. The highest BCUT2D eigenvalue weighted by molar-refractivity contribution is 6.30. The van der Waals surface area contributed by atoms with Crippen LogP contribution in [0.5, 0.6) is 5.75 Å². The third-order valence-electron chi connectivity index (χ3n) is 3.57. The van der Waals surface area contributed by atoms with Crippen LogP contribution in [0.15, 0.2) is 60.9 Å². The number of aromatic nitrogens is 2. The fourth-order valence-electron chi connectivity index (χ4n) is 2.27. The summed E-state index contributed by atoms with van der Waals surface area (Å²) in [6.45, 7) is 2.62. The van der Waals surface area contributed by atoms with E-state index in [1.165, 1.54) is 5.56 Å². The van der Waals surface area contributed by atoms with E-state index in [1.807, 2.05) is 0 Å². The minimum absolute atomic E-state index is 0.0786. The Balaban J connectivity index is 1.51. The molecule has 0 aliphatic rings. The van der Waals surface area contributed by atoms with Crippen molar-refractivity contribution in [3.63, 3.8) is 0 Å². The Bertz CT molecular complexity index is 842. The molecule has 1 N–H and O–H groups in total. The van der Waals surface area contributed by atoms with Gasteiger partial charge in [0.25, 0.3) is 5.91 Å². The van der Waals surface area contributed by atoms with Crippen molar-refractivity contribution >= 4 is 23.2 Å². The number of hydrogen-bond donors (Lipinski definition) is 1. The third-order valence-corrected chi connectivity index (χ3v) is 3.82. The largest absolute Gasteiger partial charge is 0.484 e. The average Bonchev–Trinajstić information content (AvgIpc) is 3.03. The second kappa shape index (κ2) is 7.85. The lowest BCUT2D eigenvalue weighted by atomic mass is 10.1. The van der Waals surface area contributed by atoms with Gasteiger partial charge in [-0.2, -0.15) is 5.10 Å². The minimum atomic E-state index is -0.246. The van der Waals surface area contributed by atoms with E-state index < -0.39 is 0 Å². The standard InChI is InChI=1S/C19H18ClN3O2/c1-14-2-4-15(5-3-14)11-23-12-17(10-21-23)22-19(24)13-25-18-8-6-16(20)7-9-18/h2-10,12H,11,13H2,1H3,(H,22,24). The smallest absolute Gasteiger partial charge is 0.262 e. The molecule has 1 heterocycles. The number of aryl methyl sites for hydroxylation is 1. The van der Waals surface area contributed by atoms with E-state index in [0.717, 1.165) is 5.56 Å². The molecule has 3 rings (SSSR count). The Hall–Kier alpha value is -2.79. The number of nitrogens with one attached hydrogen (secondary N) is 1. The first-order valence-corrected chi connectivity index (χ1v) is 8.22. The molecule has 5 nitrogen and oxygen atoms in total. The number of amides is 1. The Labute approximate surface area is 151 Å². The monoisotopic (exact) mass is 355 g/mol. The van der Waals surface area contributed by atoms with Crippen molar-refractivity contribution in [1.29, 1.82) is 0 Å². The number of ether oxygens (including phenoxy) is 1. The molecule has 0 spiro atoms. The molecule has 0 radical (unpaired) electrons. The SMILES string of the molecule is Cc1ccc(Cn2cc(NC(=O)COc3ccc(Cl)cc3)cn2)cc1. The number of hydrogen-bond acceptors (Lipinski definition) is 3. The zero-order valence-corrected chi connectivity index (χ0v) is 14.5. The molecule has 0 aliphatic heterocycles. The van der Waals surface area contributed by atoms with E-state index in [-0.39, 0.29) is 12.5 Å². The summed E-state index contributed by atoms with van der Waals surface area (Å²) in [6, 6.07) is 15.1. The van der Waals surface area contributed by atoms with Crippen molar-refractivity contribution in [2.75, 3.05) is 11.9 Å². The molecule has 1 amide bonds. The molecule has 128 valence electrons. The van der Waals surface area contributed by atoms with Gasteiger partial charge in [-0.15, -0.1) is 0 Å². The van der Waals surface area contributed by atoms with Crippen LogP contribution in [0.3, 0.4) is 0 Å². The Morgan fingerprint density at radius 3 is 2.60 bits per heavy atom. The van der Waals surface area contributed by atoms with Crippen molar-refractivity contribution in [3.05, 3.63) is 77.1 Å². The highest BCUT2D eigenvalue weighted by Crippen LogP contribution is 2.15. The molecule has 0 saturated carbocycles. The summed E-state index contributed by atoms with van der Waals surface area (Å²) < 4.78 is 7.19. The number of nitrogens with zero attached hydrogens (tertiary/aromatic N) is 2. The van der Waals surface area contributed by atoms with E-state index in [4.69, 9.17) is 16.3 Å². The maximum Gasteiger partial charge on any atom is 0.262 e. The van der Waals surface area contributed by atoms with Crippen LogP contribution in [0.1, 0.15) is 11.1 Å². The lowest BCUT2D eigenvalue weighted by molar-refractivity contribution is -0.118. The van der Waals surface area contributed by atoms with E-state index >= 15 is 0 Å². The number of carbonyl (C=O) groups excluding carboxylic acids is 1. The topological polar surface area (TPSA) is 56.2 Å². The molecule has 0 bridgehead atoms. The molecule has 0 unspecified atom stereocenters. The quantitative estimate of drug-likeness (QED) is 0.729. The predicted molar refractivity (Wildman–Crippen MR) is 98.1 cm³/mol. The van der Waals surface area contributed by atoms with E-state index in [1.54, 1.807) is 41.3 Å². The van der Waals surface area contributed by atoms with Gasteiger partial charge in [0.1, 0.15) is 5.75 Å². The first-order chi connectivity index (χ1) is 12.1. The maximum atomic E-state index is 12.0. The minimum Gasteiger partial charge on any atom is -0.484 e. The maximum absolute atomic E-state index is 12.0. The lowest BCUT2D eigenvalue weighted by Gasteiger charge is -2.06. The summed E-state index contributed by atoms with van der Waals surface area (Å²) in [6.07, 6.45) is 3.41. The van der Waals surface area contributed by atoms with Crippen LogP contribution < -0.4 is 10.1 Å². The van der Waals surface area contributed by atoms with Crippen molar-refractivity contribution in [3.8, 4) is 5.75 Å². The highest BCUT2D eigenvalue weighted by Gasteiger charge is 2.06. The number of benzene rings is 2. The van der Waals surface area contributed by atoms with Crippen LogP contribution >= 0.6 is 11.6 Å². The highest BCUT2D eigenvalue weighted by atomic mass is 35.5. The van der Waals surface area contributed by atoms with Gasteiger partial charge >= 0.3 is 0 Å². The molecule has 3 aromatic rings. The molecule has 2 aromatic carbocycles. The first-order valence-electron chi connectivity index (χ1n) is 7.85. The number of halogens is 1. The number of carbonyl (C=O) groups is 1. The van der Waals surface area contributed by atoms with E-state index in [0.29, 0.717) is 23.0 Å². The van der Waals surface area contributed by atoms with Crippen LogP contribution in [0.25, 0.3) is 0 Å². The van der Waals surface area contributed by atoms with Crippen LogP contribution in [-0.4, -0.2) is 22.3 Å². The van der Waals surface area contributed by atoms with Crippen molar-refractivity contribution in [2.24, 2.45) is 0 Å². The Morgan fingerprint density at radius 1 is 1.16 bits per heavy atom. The molecule has 0 fully saturated rings. The van der Waals surface area contributed by atoms with Crippen molar-refractivity contribution < 1.29 is 9.53 Å². The molecule has 25 heavy (non-hydrogen) atoms. The second-order valence-corrected chi connectivity index (χ2v) is 6.14. The Kier molecular flexibility index (Phi) is 5.36. The predicted octanol–water partition coefficient (Wildman–Crippen LogP) is 3.91. The third kappa shape index (κ3) is 5.09. The van der Waals surface area contributed by atoms with E-state index in [9.17, 15) is 4.79 Å². The van der Waals surface area contributed by atoms with Gasteiger partial charge in [0.05, 0.1) is 18.4 Å². The zero-order valence-electron chi connectivity index (χ0n) is 13.8. The van der Waals surface area contributed by atoms with Gasteiger partial charge in [0.15, 0.2) is 6.61 Å². The van der Waals surface area contributed by atoms with Crippen LogP contribution in [-0.2, 0) is 11.3 Å². The van der Waals surface area contributed by atoms with Crippen LogP contribution in [0.2, 0.25) is 5.02 Å². The van der Waals surface area contributed by atoms with Gasteiger partial charge in [0.2, 0.25) is 0 Å². The molecular weight excluding hydrogens is 338 g/mol. The first kappa shape index (κ1) is 17.0. The van der Waals surface area contributed by atoms with E-state index in [2.05, 4.69) is 41.6 Å². The summed E-state index contributed by atoms with van der Waals surface area (Å²) >= 11 is 5.81. The van der Waals surface area contributed by atoms with Crippen molar-refractivity contribution in [1.82, 2.24) is 9.78 Å². The normalized spacial score (nSPS) is 10.5. The molecule has 1 aromatic heterocycles. The fourth-order valence-corrected chi connectivity index (χ4v) is 2.40. The molecule has 0 atom stereocenters. The molecule has 0 aliphatic carbocycles. The van der Waals surface area contributed by atoms with Gasteiger partial charge in [0, 0.05) is 11.2 Å². The second-order valence-electron chi connectivity index (χ2n) is 5.70. The number of rotatable bonds is 6. The average molecular weight is 356 g/mol. The lowest BCUT2D eigenvalue weighted by Crippen LogP contribution is -2.19. The number of anilines is 1. The summed E-state index contributed by atoms with van der Waals surface area (Å²) in [5.74, 6) is 0.347.